The fourth-order valence-corrected chi connectivity index (χ4v) is 3.29. The van der Waals surface area contributed by atoms with Gasteiger partial charge in [-0.3, -0.25) is 9.78 Å². The van der Waals surface area contributed by atoms with Crippen LogP contribution < -0.4 is 0 Å². The molecule has 0 bridgehead atoms. The van der Waals surface area contributed by atoms with Gasteiger partial charge in [-0.1, -0.05) is 12.1 Å². The van der Waals surface area contributed by atoms with Crippen LogP contribution in [0.5, 0.6) is 0 Å². The van der Waals surface area contributed by atoms with E-state index in [1.165, 1.54) is 6.92 Å². The van der Waals surface area contributed by atoms with Crippen molar-refractivity contribution in [2.75, 3.05) is 0 Å². The monoisotopic (exact) mass is 293 g/mol. The van der Waals surface area contributed by atoms with Gasteiger partial charge in [0.05, 0.1) is 22.9 Å². The molecule has 1 aromatic carbocycles. The van der Waals surface area contributed by atoms with Gasteiger partial charge in [0.25, 0.3) is 0 Å². The molecule has 106 valence electrons. The Morgan fingerprint density at radius 1 is 1.35 bits per heavy atom. The Balaban J connectivity index is 2.25. The molecule has 1 aromatic heterocycles. The van der Waals surface area contributed by atoms with Crippen molar-refractivity contribution in [3.63, 3.8) is 0 Å². The van der Waals surface area contributed by atoms with E-state index in [9.17, 15) is 13.2 Å². The number of hydrogen-bond donors (Lipinski definition) is 1. The van der Waals surface area contributed by atoms with Crippen LogP contribution >= 0.6 is 0 Å². The van der Waals surface area contributed by atoms with Crippen LogP contribution in [0.15, 0.2) is 36.5 Å². The van der Waals surface area contributed by atoms with Crippen molar-refractivity contribution in [3.05, 3.63) is 42.1 Å². The van der Waals surface area contributed by atoms with Crippen LogP contribution in [-0.4, -0.2) is 29.7 Å². The highest BCUT2D eigenvalue weighted by molar-refractivity contribution is 7.91. The molecule has 2 rings (SSSR count). The van der Waals surface area contributed by atoms with Crippen LogP contribution in [0.4, 0.5) is 0 Å². The second-order valence-electron chi connectivity index (χ2n) is 4.75. The van der Waals surface area contributed by atoms with Gasteiger partial charge in [0, 0.05) is 11.6 Å². The predicted octanol–water partition coefficient (Wildman–Crippen LogP) is 2.01. The molecule has 6 heteroatoms. The second kappa shape index (κ2) is 5.58. The summed E-state index contributed by atoms with van der Waals surface area (Å²) >= 11 is 0. The fraction of sp³-hybridized carbons (Fsp3) is 0.286. The molecule has 0 aliphatic carbocycles. The van der Waals surface area contributed by atoms with Crippen molar-refractivity contribution in [1.82, 2.24) is 4.98 Å². The smallest absolute Gasteiger partial charge is 0.304 e. The van der Waals surface area contributed by atoms with E-state index in [2.05, 4.69) is 4.98 Å². The van der Waals surface area contributed by atoms with E-state index in [0.29, 0.717) is 5.56 Å². The van der Waals surface area contributed by atoms with Gasteiger partial charge in [-0.05, 0) is 30.7 Å². The number of aliphatic carboxylic acids is 1. The first-order chi connectivity index (χ1) is 9.38. The topological polar surface area (TPSA) is 84.3 Å². The Morgan fingerprint density at radius 3 is 2.80 bits per heavy atom. The van der Waals surface area contributed by atoms with Crippen LogP contribution in [0.3, 0.4) is 0 Å². The van der Waals surface area contributed by atoms with Crippen LogP contribution in [-0.2, 0) is 20.4 Å². The largest absolute Gasteiger partial charge is 0.481 e. The van der Waals surface area contributed by atoms with Crippen molar-refractivity contribution in [2.24, 2.45) is 0 Å². The lowest BCUT2D eigenvalue weighted by Gasteiger charge is -2.11. The highest BCUT2D eigenvalue weighted by Crippen LogP contribution is 2.18. The summed E-state index contributed by atoms with van der Waals surface area (Å²) in [6, 6.07) is 8.89. The van der Waals surface area contributed by atoms with Gasteiger partial charge < -0.3 is 5.11 Å². The number of hydrogen-bond acceptors (Lipinski definition) is 4. The van der Waals surface area contributed by atoms with Crippen molar-refractivity contribution < 1.29 is 18.3 Å². The van der Waals surface area contributed by atoms with Crippen molar-refractivity contribution in [3.8, 4) is 0 Å². The van der Waals surface area contributed by atoms with Gasteiger partial charge in [0.1, 0.15) is 0 Å². The van der Waals surface area contributed by atoms with E-state index < -0.39 is 21.1 Å². The molecule has 1 heterocycles. The molecule has 1 N–H and O–H groups in total. The predicted molar refractivity (Wildman–Crippen MR) is 76.1 cm³/mol. The minimum atomic E-state index is -3.48. The van der Waals surface area contributed by atoms with Gasteiger partial charge >= 0.3 is 5.97 Å². The zero-order chi connectivity index (χ0) is 14.8. The van der Waals surface area contributed by atoms with E-state index in [4.69, 9.17) is 5.11 Å². The number of carboxylic acid groups (broad SMARTS) is 1. The summed E-state index contributed by atoms with van der Waals surface area (Å²) < 4.78 is 24.2. The Kier molecular flexibility index (Phi) is 4.04. The van der Waals surface area contributed by atoms with Crippen LogP contribution in [0, 0.1) is 0 Å². The summed E-state index contributed by atoms with van der Waals surface area (Å²) in [7, 11) is -3.48. The lowest BCUT2D eigenvalue weighted by Crippen LogP contribution is -2.22. The third-order valence-corrected chi connectivity index (χ3v) is 5.24. The molecular weight excluding hydrogens is 278 g/mol. The van der Waals surface area contributed by atoms with E-state index in [1.807, 2.05) is 6.07 Å². The number of rotatable bonds is 5. The maximum Gasteiger partial charge on any atom is 0.304 e. The number of pyridine rings is 1. The lowest BCUT2D eigenvalue weighted by atomic mass is 10.1. The Bertz CT molecular complexity index is 740. The van der Waals surface area contributed by atoms with Crippen LogP contribution in [0.2, 0.25) is 0 Å². The highest BCUT2D eigenvalue weighted by atomic mass is 32.2. The lowest BCUT2D eigenvalue weighted by molar-refractivity contribution is -0.136. The SMILES string of the molecule is CC(CC(=O)O)S(=O)(=O)Cc1ccc2ncccc2c1. The molecule has 0 aliphatic rings. The first-order valence-corrected chi connectivity index (χ1v) is 7.87. The average molecular weight is 293 g/mol. The Labute approximate surface area is 117 Å². The van der Waals surface area contributed by atoms with Crippen molar-refractivity contribution in [1.29, 1.82) is 0 Å². The molecule has 0 amide bonds. The first kappa shape index (κ1) is 14.5. The quantitative estimate of drug-likeness (QED) is 0.911. The van der Waals surface area contributed by atoms with Gasteiger partial charge in [0.2, 0.25) is 0 Å². The van der Waals surface area contributed by atoms with Gasteiger partial charge in [-0.25, -0.2) is 8.42 Å². The average Bonchev–Trinajstić information content (AvgIpc) is 2.37. The number of benzene rings is 1. The maximum atomic E-state index is 12.1. The molecule has 0 aliphatic heterocycles. The Hall–Kier alpha value is -1.95. The van der Waals surface area contributed by atoms with E-state index >= 15 is 0 Å². The summed E-state index contributed by atoms with van der Waals surface area (Å²) in [6.45, 7) is 1.42. The minimum absolute atomic E-state index is 0.160. The molecule has 2 aromatic rings. The maximum absolute atomic E-state index is 12.1. The van der Waals surface area contributed by atoms with E-state index in [0.717, 1.165) is 10.9 Å². The molecule has 1 atom stereocenters. The number of nitrogens with zero attached hydrogens (tertiary/aromatic N) is 1. The second-order valence-corrected chi connectivity index (χ2v) is 7.17. The van der Waals surface area contributed by atoms with Crippen LogP contribution in [0.25, 0.3) is 10.9 Å². The molecule has 20 heavy (non-hydrogen) atoms. The third-order valence-electron chi connectivity index (χ3n) is 3.11. The Morgan fingerprint density at radius 2 is 2.10 bits per heavy atom. The number of sulfone groups is 1. The van der Waals surface area contributed by atoms with Crippen molar-refractivity contribution >= 4 is 26.7 Å². The molecule has 0 spiro atoms. The number of fused-ring (bicyclic) bond motifs is 1. The molecule has 0 saturated heterocycles. The van der Waals surface area contributed by atoms with Gasteiger partial charge in [-0.15, -0.1) is 0 Å². The third kappa shape index (κ3) is 3.33. The summed E-state index contributed by atoms with van der Waals surface area (Å²) in [5, 5.41) is 8.65. The summed E-state index contributed by atoms with van der Waals surface area (Å²) in [6.07, 6.45) is 1.30. The standard InChI is InChI=1S/C14H15NO4S/c1-10(7-14(16)17)20(18,19)9-11-4-5-13-12(8-11)3-2-6-15-13/h2-6,8,10H,7,9H2,1H3,(H,16,17). The molecule has 0 saturated carbocycles. The first-order valence-electron chi connectivity index (χ1n) is 6.15. The van der Waals surface area contributed by atoms with Crippen LogP contribution in [0.1, 0.15) is 18.9 Å². The van der Waals surface area contributed by atoms with E-state index in [1.54, 1.807) is 30.5 Å². The summed E-state index contributed by atoms with van der Waals surface area (Å²) in [5.41, 5.74) is 1.44. The minimum Gasteiger partial charge on any atom is -0.481 e. The fourth-order valence-electron chi connectivity index (χ4n) is 1.96. The molecule has 0 radical (unpaired) electrons. The number of aromatic nitrogens is 1. The summed E-state index contributed by atoms with van der Waals surface area (Å²) in [4.78, 5) is 14.8. The van der Waals surface area contributed by atoms with Crippen molar-refractivity contribution in [2.45, 2.75) is 24.3 Å². The molecule has 0 fully saturated rings. The number of carbonyl (C=O) groups is 1. The zero-order valence-corrected chi connectivity index (χ0v) is 11.8. The molecule has 1 unspecified atom stereocenters. The highest BCUT2D eigenvalue weighted by Gasteiger charge is 2.23. The van der Waals surface area contributed by atoms with Gasteiger partial charge in [0.15, 0.2) is 9.84 Å². The normalized spacial score (nSPS) is 13.2. The molecule has 5 nitrogen and oxygen atoms in total. The van der Waals surface area contributed by atoms with E-state index in [-0.39, 0.29) is 12.2 Å². The molecular formula is C14H15NO4S. The summed E-state index contributed by atoms with van der Waals surface area (Å²) in [5.74, 6) is -1.27. The zero-order valence-electron chi connectivity index (χ0n) is 11.0. The van der Waals surface area contributed by atoms with Gasteiger partial charge in [-0.2, -0.15) is 0 Å². The number of carboxylic acids is 1.